The molecule has 1 aromatic carbocycles. The third-order valence-corrected chi connectivity index (χ3v) is 4.57. The molecule has 0 N–H and O–H groups in total. The Morgan fingerprint density at radius 1 is 1.11 bits per heavy atom. The molecule has 2 rings (SSSR count). The third kappa shape index (κ3) is 2.88. The Balaban J connectivity index is 2.12. The van der Waals surface area contributed by atoms with Crippen molar-refractivity contribution < 1.29 is 8.78 Å². The minimum absolute atomic E-state index is 0.177. The first-order valence-electron chi connectivity index (χ1n) is 7.12. The highest BCUT2D eigenvalue weighted by atomic mass is 19.2. The van der Waals surface area contributed by atoms with E-state index in [1.54, 1.807) is 19.1 Å². The number of halogens is 2. The zero-order chi connectivity index (χ0) is 14.0. The Hall–Kier alpha value is -1.18. The Bertz CT molecular complexity index is 480. The van der Waals surface area contributed by atoms with Gasteiger partial charge in [0, 0.05) is 0 Å². The van der Waals surface area contributed by atoms with Gasteiger partial charge in [0.05, 0.1) is 0 Å². The van der Waals surface area contributed by atoms with Crippen LogP contribution in [0.1, 0.15) is 56.6 Å². The predicted octanol–water partition coefficient (Wildman–Crippen LogP) is 5.51. The minimum Gasteiger partial charge on any atom is -0.203 e. The number of rotatable bonds is 2. The van der Waals surface area contributed by atoms with Crippen molar-refractivity contribution in [3.05, 3.63) is 46.5 Å². The van der Waals surface area contributed by atoms with Crippen LogP contribution in [-0.2, 0) is 0 Å². The normalized spacial score (nSPS) is 24.6. The maximum Gasteiger partial charge on any atom is 0.162 e. The third-order valence-electron chi connectivity index (χ3n) is 4.57. The highest BCUT2D eigenvalue weighted by molar-refractivity contribution is 5.28. The smallest absolute Gasteiger partial charge is 0.162 e. The van der Waals surface area contributed by atoms with Crippen LogP contribution in [0.3, 0.4) is 0 Å². The van der Waals surface area contributed by atoms with Crippen LogP contribution in [0.5, 0.6) is 0 Å². The molecule has 0 aromatic heterocycles. The van der Waals surface area contributed by atoms with Crippen molar-refractivity contribution in [1.29, 1.82) is 0 Å². The van der Waals surface area contributed by atoms with Crippen LogP contribution in [0.2, 0.25) is 0 Å². The zero-order valence-electron chi connectivity index (χ0n) is 12.0. The largest absolute Gasteiger partial charge is 0.203 e. The van der Waals surface area contributed by atoms with E-state index in [4.69, 9.17) is 0 Å². The van der Waals surface area contributed by atoms with E-state index in [2.05, 4.69) is 19.9 Å². The first kappa shape index (κ1) is 14.2. The predicted molar refractivity (Wildman–Crippen MR) is 75.2 cm³/mol. The van der Waals surface area contributed by atoms with Gasteiger partial charge in [0.2, 0.25) is 0 Å². The van der Waals surface area contributed by atoms with Crippen molar-refractivity contribution in [2.75, 3.05) is 0 Å². The first-order chi connectivity index (χ1) is 9.04. The van der Waals surface area contributed by atoms with E-state index < -0.39 is 11.6 Å². The van der Waals surface area contributed by atoms with Crippen LogP contribution >= 0.6 is 0 Å². The molecule has 0 aliphatic heterocycles. The second-order valence-electron chi connectivity index (χ2n) is 5.68. The van der Waals surface area contributed by atoms with Crippen molar-refractivity contribution in [3.63, 3.8) is 0 Å². The van der Waals surface area contributed by atoms with E-state index in [9.17, 15) is 8.78 Å². The summed E-state index contributed by atoms with van der Waals surface area (Å²) in [4.78, 5) is 0. The van der Waals surface area contributed by atoms with Crippen LogP contribution in [0.15, 0.2) is 23.8 Å². The Kier molecular flexibility index (Phi) is 4.38. The van der Waals surface area contributed by atoms with Gasteiger partial charge in [-0.2, -0.15) is 0 Å². The highest BCUT2D eigenvalue weighted by Gasteiger charge is 2.26. The van der Waals surface area contributed by atoms with Gasteiger partial charge in [-0.3, -0.25) is 0 Å². The summed E-state index contributed by atoms with van der Waals surface area (Å²) in [6.45, 7) is 5.84. The summed E-state index contributed by atoms with van der Waals surface area (Å²) in [5, 5.41) is 0. The van der Waals surface area contributed by atoms with Gasteiger partial charge < -0.3 is 0 Å². The molecule has 0 nitrogen and oxygen atoms in total. The minimum atomic E-state index is -0.677. The Morgan fingerprint density at radius 2 is 1.74 bits per heavy atom. The quantitative estimate of drug-likeness (QED) is 0.617. The second kappa shape index (κ2) is 5.85. The molecule has 1 aliphatic rings. The molecule has 0 bridgehead atoms. The maximum absolute atomic E-state index is 14.0. The first-order valence-corrected chi connectivity index (χ1v) is 7.12. The highest BCUT2D eigenvalue weighted by Crippen LogP contribution is 2.39. The number of benzene rings is 1. The van der Waals surface area contributed by atoms with Gasteiger partial charge in [-0.15, -0.1) is 0 Å². The summed E-state index contributed by atoms with van der Waals surface area (Å²) in [7, 11) is 0. The fourth-order valence-corrected chi connectivity index (χ4v) is 3.07. The van der Waals surface area contributed by atoms with Gasteiger partial charge in [0.25, 0.3) is 0 Å². The van der Waals surface area contributed by atoms with E-state index in [1.807, 2.05) is 0 Å². The SMILES string of the molecule is C/C=C(\C)C1CCC(c2ccc(C)c(F)c2F)CC1. The molecule has 2 heteroatoms. The van der Waals surface area contributed by atoms with Gasteiger partial charge in [0.1, 0.15) is 0 Å². The number of hydrogen-bond acceptors (Lipinski definition) is 0. The molecule has 104 valence electrons. The fourth-order valence-electron chi connectivity index (χ4n) is 3.07. The Morgan fingerprint density at radius 3 is 2.32 bits per heavy atom. The monoisotopic (exact) mass is 264 g/mol. The second-order valence-corrected chi connectivity index (χ2v) is 5.68. The molecule has 0 spiro atoms. The Labute approximate surface area is 114 Å². The van der Waals surface area contributed by atoms with Crippen molar-refractivity contribution >= 4 is 0 Å². The molecule has 0 amide bonds. The topological polar surface area (TPSA) is 0 Å². The lowest BCUT2D eigenvalue weighted by Crippen LogP contribution is -2.15. The number of allylic oxidation sites excluding steroid dienone is 2. The summed E-state index contributed by atoms with van der Waals surface area (Å²) in [6.07, 6.45) is 6.23. The summed E-state index contributed by atoms with van der Waals surface area (Å²) in [5.74, 6) is -0.508. The molecule has 1 saturated carbocycles. The molecule has 1 aromatic rings. The molecule has 0 unspecified atom stereocenters. The molecule has 0 heterocycles. The van der Waals surface area contributed by atoms with Crippen molar-refractivity contribution in [2.45, 2.75) is 52.4 Å². The van der Waals surface area contributed by atoms with E-state index in [1.165, 1.54) is 5.57 Å². The van der Waals surface area contributed by atoms with Gasteiger partial charge in [-0.25, -0.2) is 8.78 Å². The van der Waals surface area contributed by atoms with E-state index >= 15 is 0 Å². The van der Waals surface area contributed by atoms with Crippen molar-refractivity contribution in [3.8, 4) is 0 Å². The van der Waals surface area contributed by atoms with Crippen LogP contribution < -0.4 is 0 Å². The number of aryl methyl sites for hydroxylation is 1. The summed E-state index contributed by atoms with van der Waals surface area (Å²) >= 11 is 0. The van der Waals surface area contributed by atoms with Gasteiger partial charge >= 0.3 is 0 Å². The van der Waals surface area contributed by atoms with E-state index in [0.29, 0.717) is 17.0 Å². The van der Waals surface area contributed by atoms with Crippen molar-refractivity contribution in [1.82, 2.24) is 0 Å². The van der Waals surface area contributed by atoms with Crippen LogP contribution in [-0.4, -0.2) is 0 Å². The molecule has 1 fully saturated rings. The van der Waals surface area contributed by atoms with Crippen LogP contribution in [0.25, 0.3) is 0 Å². The summed E-state index contributed by atoms with van der Waals surface area (Å²) < 4.78 is 27.6. The van der Waals surface area contributed by atoms with Gasteiger partial charge in [0.15, 0.2) is 11.6 Å². The molecular formula is C17H22F2. The molecule has 19 heavy (non-hydrogen) atoms. The lowest BCUT2D eigenvalue weighted by atomic mass is 9.76. The zero-order valence-corrected chi connectivity index (χ0v) is 12.0. The summed E-state index contributed by atoms with van der Waals surface area (Å²) in [6, 6.07) is 3.46. The van der Waals surface area contributed by atoms with Crippen LogP contribution in [0.4, 0.5) is 8.78 Å². The van der Waals surface area contributed by atoms with E-state index in [-0.39, 0.29) is 5.92 Å². The maximum atomic E-state index is 14.0. The van der Waals surface area contributed by atoms with Gasteiger partial charge in [-0.05, 0) is 69.4 Å². The van der Waals surface area contributed by atoms with Crippen LogP contribution in [0, 0.1) is 24.5 Å². The average molecular weight is 264 g/mol. The number of hydrogen-bond donors (Lipinski definition) is 0. The molecule has 0 radical (unpaired) electrons. The van der Waals surface area contributed by atoms with E-state index in [0.717, 1.165) is 25.7 Å². The fraction of sp³-hybridized carbons (Fsp3) is 0.529. The molecule has 0 saturated heterocycles. The molecule has 0 atom stereocenters. The van der Waals surface area contributed by atoms with Gasteiger partial charge in [-0.1, -0.05) is 23.8 Å². The summed E-state index contributed by atoms with van der Waals surface area (Å²) in [5.41, 5.74) is 2.38. The lowest BCUT2D eigenvalue weighted by Gasteiger charge is -2.29. The average Bonchev–Trinajstić information content (AvgIpc) is 2.44. The lowest BCUT2D eigenvalue weighted by molar-refractivity contribution is 0.352. The standard InChI is InChI=1S/C17H22F2/c1-4-11(2)13-6-8-14(9-7-13)15-10-5-12(3)16(18)17(15)19/h4-5,10,13-14H,6-9H2,1-3H3/b11-4+. The molecular weight excluding hydrogens is 242 g/mol. The van der Waals surface area contributed by atoms with Crippen molar-refractivity contribution in [2.24, 2.45) is 5.92 Å². The molecule has 1 aliphatic carbocycles.